The summed E-state index contributed by atoms with van der Waals surface area (Å²) in [7, 11) is 0. The summed E-state index contributed by atoms with van der Waals surface area (Å²) in [5.41, 5.74) is 1.57. The lowest BCUT2D eigenvalue weighted by molar-refractivity contribution is -0.126. The van der Waals surface area contributed by atoms with E-state index in [0.29, 0.717) is 23.4 Å². The van der Waals surface area contributed by atoms with Crippen molar-refractivity contribution in [1.29, 1.82) is 0 Å². The van der Waals surface area contributed by atoms with E-state index in [1.54, 1.807) is 24.1 Å². The van der Waals surface area contributed by atoms with Crippen LogP contribution in [0.2, 0.25) is 0 Å². The molecule has 0 spiro atoms. The Morgan fingerprint density at radius 3 is 2.67 bits per heavy atom. The minimum absolute atomic E-state index is 0.0857. The molecule has 2 heterocycles. The number of rotatable bonds is 4. The highest BCUT2D eigenvalue weighted by Crippen LogP contribution is 2.32. The minimum atomic E-state index is -1.04. The van der Waals surface area contributed by atoms with Crippen LogP contribution in [-0.4, -0.2) is 38.6 Å². The lowest BCUT2D eigenvalue weighted by Crippen LogP contribution is -2.38. The maximum atomic E-state index is 12.2. The van der Waals surface area contributed by atoms with Gasteiger partial charge in [-0.3, -0.25) is 14.8 Å². The summed E-state index contributed by atoms with van der Waals surface area (Å²) in [6.45, 7) is 7.29. The molecule has 0 radical (unpaired) electrons. The van der Waals surface area contributed by atoms with Gasteiger partial charge in [0.25, 0.3) is 5.91 Å². The SMILES string of the molecule is CCc1ccnc(C2N=C(C)C(=O)N2C(C)C)c1C(=O)O. The maximum absolute atomic E-state index is 12.2. The molecule has 0 bridgehead atoms. The summed E-state index contributed by atoms with van der Waals surface area (Å²) in [5.74, 6) is -1.21. The van der Waals surface area contributed by atoms with Crippen LogP contribution in [0.4, 0.5) is 0 Å². The van der Waals surface area contributed by atoms with Crippen LogP contribution in [0, 0.1) is 0 Å². The summed E-state index contributed by atoms with van der Waals surface area (Å²) in [4.78, 5) is 33.9. The molecule has 0 fully saturated rings. The first kappa shape index (κ1) is 15.2. The van der Waals surface area contributed by atoms with Gasteiger partial charge in [0.15, 0.2) is 6.17 Å². The molecule has 1 N–H and O–H groups in total. The first-order valence-electron chi connectivity index (χ1n) is 6.96. The average Bonchev–Trinajstić information content (AvgIpc) is 2.73. The monoisotopic (exact) mass is 289 g/mol. The molecule has 0 aromatic carbocycles. The fourth-order valence-corrected chi connectivity index (χ4v) is 2.57. The van der Waals surface area contributed by atoms with Crippen molar-refractivity contribution in [1.82, 2.24) is 9.88 Å². The number of aryl methyl sites for hydroxylation is 1. The molecule has 6 heteroatoms. The number of carboxylic acid groups (broad SMARTS) is 1. The van der Waals surface area contributed by atoms with Crippen LogP contribution in [-0.2, 0) is 11.2 Å². The largest absolute Gasteiger partial charge is 0.478 e. The normalized spacial score (nSPS) is 18.3. The summed E-state index contributed by atoms with van der Waals surface area (Å²) < 4.78 is 0. The van der Waals surface area contributed by atoms with E-state index < -0.39 is 12.1 Å². The van der Waals surface area contributed by atoms with Crippen LogP contribution >= 0.6 is 0 Å². The maximum Gasteiger partial charge on any atom is 0.337 e. The van der Waals surface area contributed by atoms with Crippen molar-refractivity contribution in [3.8, 4) is 0 Å². The fourth-order valence-electron chi connectivity index (χ4n) is 2.57. The smallest absolute Gasteiger partial charge is 0.337 e. The minimum Gasteiger partial charge on any atom is -0.478 e. The number of aliphatic imine (C=N–C) groups is 1. The van der Waals surface area contributed by atoms with Crippen molar-refractivity contribution in [2.24, 2.45) is 4.99 Å². The Morgan fingerprint density at radius 2 is 2.14 bits per heavy atom. The van der Waals surface area contributed by atoms with Gasteiger partial charge in [-0.25, -0.2) is 4.79 Å². The molecule has 1 aromatic rings. The van der Waals surface area contributed by atoms with E-state index in [1.165, 1.54) is 0 Å². The number of amides is 1. The quantitative estimate of drug-likeness (QED) is 0.919. The van der Waals surface area contributed by atoms with Gasteiger partial charge in [0.1, 0.15) is 0 Å². The Morgan fingerprint density at radius 1 is 1.48 bits per heavy atom. The van der Waals surface area contributed by atoms with Gasteiger partial charge in [0.05, 0.1) is 17.0 Å². The molecule has 1 atom stereocenters. The second kappa shape index (κ2) is 5.63. The predicted octanol–water partition coefficient (Wildman–Crippen LogP) is 2.05. The van der Waals surface area contributed by atoms with Crippen molar-refractivity contribution in [2.45, 2.75) is 46.3 Å². The summed E-state index contributed by atoms with van der Waals surface area (Å²) in [5, 5.41) is 9.50. The number of hydrogen-bond acceptors (Lipinski definition) is 4. The van der Waals surface area contributed by atoms with Crippen LogP contribution in [0.1, 0.15) is 55.5 Å². The van der Waals surface area contributed by atoms with Crippen LogP contribution in [0.5, 0.6) is 0 Å². The topological polar surface area (TPSA) is 82.9 Å². The molecule has 1 aliphatic rings. The number of aromatic carboxylic acids is 1. The van der Waals surface area contributed by atoms with Gasteiger partial charge in [-0.2, -0.15) is 0 Å². The van der Waals surface area contributed by atoms with E-state index in [1.807, 2.05) is 20.8 Å². The molecule has 21 heavy (non-hydrogen) atoms. The lowest BCUT2D eigenvalue weighted by atomic mass is 10.0. The third-order valence-corrected chi connectivity index (χ3v) is 3.59. The van der Waals surface area contributed by atoms with Crippen LogP contribution in [0.15, 0.2) is 17.3 Å². The summed E-state index contributed by atoms with van der Waals surface area (Å²) in [6.07, 6.45) is 1.50. The Labute approximate surface area is 123 Å². The fraction of sp³-hybridized carbons (Fsp3) is 0.467. The van der Waals surface area contributed by atoms with E-state index in [0.717, 1.165) is 0 Å². The van der Waals surface area contributed by atoms with Crippen molar-refractivity contribution in [3.05, 3.63) is 29.1 Å². The van der Waals surface area contributed by atoms with Crippen LogP contribution < -0.4 is 0 Å². The molecule has 2 rings (SSSR count). The zero-order valence-electron chi connectivity index (χ0n) is 12.6. The Kier molecular flexibility index (Phi) is 4.06. The second-order valence-electron chi connectivity index (χ2n) is 5.28. The van der Waals surface area contributed by atoms with E-state index in [-0.39, 0.29) is 17.5 Å². The van der Waals surface area contributed by atoms with Crippen LogP contribution in [0.3, 0.4) is 0 Å². The highest BCUT2D eigenvalue weighted by Gasteiger charge is 2.37. The van der Waals surface area contributed by atoms with E-state index >= 15 is 0 Å². The third kappa shape index (κ3) is 2.53. The van der Waals surface area contributed by atoms with Crippen molar-refractivity contribution in [2.75, 3.05) is 0 Å². The molecule has 1 aromatic heterocycles. The van der Waals surface area contributed by atoms with Crippen molar-refractivity contribution in [3.63, 3.8) is 0 Å². The highest BCUT2D eigenvalue weighted by molar-refractivity contribution is 6.39. The summed E-state index contributed by atoms with van der Waals surface area (Å²) >= 11 is 0. The Balaban J connectivity index is 2.61. The first-order valence-corrected chi connectivity index (χ1v) is 6.96. The Bertz CT molecular complexity index is 623. The molecule has 0 saturated heterocycles. The van der Waals surface area contributed by atoms with Gasteiger partial charge >= 0.3 is 5.97 Å². The first-order chi connectivity index (χ1) is 9.88. The van der Waals surface area contributed by atoms with Gasteiger partial charge in [-0.15, -0.1) is 0 Å². The third-order valence-electron chi connectivity index (χ3n) is 3.59. The van der Waals surface area contributed by atoms with Gasteiger partial charge in [0, 0.05) is 12.2 Å². The van der Waals surface area contributed by atoms with E-state index in [9.17, 15) is 14.7 Å². The van der Waals surface area contributed by atoms with E-state index in [4.69, 9.17) is 0 Å². The molecule has 1 amide bonds. The van der Waals surface area contributed by atoms with E-state index in [2.05, 4.69) is 9.98 Å². The van der Waals surface area contributed by atoms with Crippen LogP contribution in [0.25, 0.3) is 0 Å². The van der Waals surface area contributed by atoms with Gasteiger partial charge in [-0.1, -0.05) is 6.92 Å². The summed E-state index contributed by atoms with van der Waals surface area (Å²) in [6, 6.07) is 1.61. The second-order valence-corrected chi connectivity index (χ2v) is 5.28. The zero-order chi connectivity index (χ0) is 15.7. The molecular weight excluding hydrogens is 270 g/mol. The molecule has 1 unspecified atom stereocenters. The molecule has 6 nitrogen and oxygen atoms in total. The van der Waals surface area contributed by atoms with Crippen molar-refractivity contribution < 1.29 is 14.7 Å². The van der Waals surface area contributed by atoms with Gasteiger partial charge in [-0.05, 0) is 38.8 Å². The predicted molar refractivity (Wildman–Crippen MR) is 78.4 cm³/mol. The van der Waals surface area contributed by atoms with Crippen molar-refractivity contribution >= 4 is 17.6 Å². The molecular formula is C15H19N3O3. The number of carboxylic acids is 1. The number of nitrogens with zero attached hydrogens (tertiary/aromatic N) is 3. The van der Waals surface area contributed by atoms with Gasteiger partial charge < -0.3 is 10.0 Å². The standard InChI is InChI=1S/C15H19N3O3/c1-5-10-6-7-16-12(11(10)15(20)21)13-17-9(4)14(19)18(13)8(2)3/h6-8,13H,5H2,1-4H3,(H,20,21). The zero-order valence-corrected chi connectivity index (χ0v) is 12.6. The Hall–Kier alpha value is -2.24. The molecule has 0 aliphatic carbocycles. The number of aromatic nitrogens is 1. The highest BCUT2D eigenvalue weighted by atomic mass is 16.4. The number of carbonyl (C=O) groups excluding carboxylic acids is 1. The lowest BCUT2D eigenvalue weighted by Gasteiger charge is -2.27. The molecule has 0 saturated carbocycles. The number of hydrogen-bond donors (Lipinski definition) is 1. The number of carbonyl (C=O) groups is 2. The average molecular weight is 289 g/mol. The molecule has 1 aliphatic heterocycles. The number of pyridine rings is 1. The van der Waals surface area contributed by atoms with Gasteiger partial charge in [0.2, 0.25) is 0 Å². The molecule has 112 valence electrons.